The first-order chi connectivity index (χ1) is 10.4. The number of nitrogens with two attached hydrogens (primary N) is 1. The summed E-state index contributed by atoms with van der Waals surface area (Å²) in [6.45, 7) is 4.72. The number of aryl methyl sites for hydroxylation is 1. The number of halogens is 1. The Morgan fingerprint density at radius 2 is 1.95 bits per heavy atom. The summed E-state index contributed by atoms with van der Waals surface area (Å²) in [5.74, 6) is 1.25. The minimum atomic E-state index is 0.479. The van der Waals surface area contributed by atoms with Crippen LogP contribution in [-0.2, 0) is 7.05 Å². The Kier molecular flexibility index (Phi) is 3.94. The molecule has 4 heteroatoms. The van der Waals surface area contributed by atoms with Crippen molar-refractivity contribution in [2.75, 3.05) is 5.73 Å². The molecule has 0 atom stereocenters. The molecule has 3 nitrogen and oxygen atoms in total. The molecule has 1 aliphatic carbocycles. The lowest BCUT2D eigenvalue weighted by atomic mass is 9.71. The predicted molar refractivity (Wildman–Crippen MR) is 93.1 cm³/mol. The van der Waals surface area contributed by atoms with Crippen LogP contribution in [0, 0.1) is 5.41 Å². The molecule has 1 aliphatic rings. The molecule has 0 saturated heterocycles. The van der Waals surface area contributed by atoms with E-state index in [1.807, 2.05) is 13.1 Å². The second-order valence-corrected chi connectivity index (χ2v) is 7.65. The second-order valence-electron chi connectivity index (χ2n) is 7.24. The number of hydrogen-bond acceptors (Lipinski definition) is 2. The van der Waals surface area contributed by atoms with Crippen LogP contribution in [0.25, 0.3) is 11.1 Å². The molecule has 0 bridgehead atoms. The number of rotatable bonds is 2. The van der Waals surface area contributed by atoms with Gasteiger partial charge >= 0.3 is 0 Å². The van der Waals surface area contributed by atoms with E-state index in [1.165, 1.54) is 31.2 Å². The van der Waals surface area contributed by atoms with Crippen LogP contribution in [0.3, 0.4) is 0 Å². The third-order valence-electron chi connectivity index (χ3n) is 5.08. The van der Waals surface area contributed by atoms with Crippen molar-refractivity contribution in [2.24, 2.45) is 12.5 Å². The number of anilines is 1. The van der Waals surface area contributed by atoms with E-state index in [4.69, 9.17) is 17.3 Å². The molecule has 0 amide bonds. The summed E-state index contributed by atoms with van der Waals surface area (Å²) in [6, 6.07) is 6.32. The van der Waals surface area contributed by atoms with Gasteiger partial charge in [0.25, 0.3) is 0 Å². The fourth-order valence-electron chi connectivity index (χ4n) is 3.41. The lowest BCUT2D eigenvalue weighted by Crippen LogP contribution is -2.20. The van der Waals surface area contributed by atoms with E-state index in [0.717, 1.165) is 16.1 Å². The number of benzene rings is 1. The topological polar surface area (TPSA) is 43.8 Å². The van der Waals surface area contributed by atoms with E-state index in [2.05, 4.69) is 31.1 Å². The summed E-state index contributed by atoms with van der Waals surface area (Å²) >= 11 is 6.57. The van der Waals surface area contributed by atoms with Crippen molar-refractivity contribution in [3.8, 4) is 11.1 Å². The Labute approximate surface area is 137 Å². The standard InChI is InChI=1S/C18H24ClN3/c1-18(2)8-6-12(7-9-18)14-5-4-13(10-16(14)19)15-11-21-22(3)17(15)20/h4-5,10-12H,6-9,20H2,1-3H3. The van der Waals surface area contributed by atoms with Gasteiger partial charge in [0.1, 0.15) is 5.82 Å². The molecule has 0 radical (unpaired) electrons. The first-order valence-electron chi connectivity index (χ1n) is 7.95. The van der Waals surface area contributed by atoms with E-state index in [1.54, 1.807) is 10.9 Å². The summed E-state index contributed by atoms with van der Waals surface area (Å²) < 4.78 is 1.68. The van der Waals surface area contributed by atoms with E-state index in [9.17, 15) is 0 Å². The summed E-state index contributed by atoms with van der Waals surface area (Å²) in [6.07, 6.45) is 6.78. The zero-order valence-corrected chi connectivity index (χ0v) is 14.3. The summed E-state index contributed by atoms with van der Waals surface area (Å²) in [4.78, 5) is 0. The average molecular weight is 318 g/mol. The number of hydrogen-bond donors (Lipinski definition) is 1. The van der Waals surface area contributed by atoms with Crippen LogP contribution in [0.2, 0.25) is 5.02 Å². The Morgan fingerprint density at radius 1 is 1.27 bits per heavy atom. The molecular formula is C18H24ClN3. The Balaban J connectivity index is 1.86. The van der Waals surface area contributed by atoms with Gasteiger partial charge in [-0.3, -0.25) is 4.68 Å². The van der Waals surface area contributed by atoms with E-state index < -0.39 is 0 Å². The lowest BCUT2D eigenvalue weighted by Gasteiger charge is -2.34. The molecular weight excluding hydrogens is 294 g/mol. The van der Waals surface area contributed by atoms with Gasteiger partial charge in [-0.15, -0.1) is 0 Å². The normalized spacial score (nSPS) is 18.5. The molecule has 2 aromatic rings. The van der Waals surface area contributed by atoms with Crippen molar-refractivity contribution >= 4 is 17.4 Å². The van der Waals surface area contributed by atoms with Gasteiger partial charge in [-0.25, -0.2) is 0 Å². The van der Waals surface area contributed by atoms with Crippen molar-refractivity contribution in [3.05, 3.63) is 35.0 Å². The molecule has 0 aliphatic heterocycles. The molecule has 22 heavy (non-hydrogen) atoms. The summed E-state index contributed by atoms with van der Waals surface area (Å²) in [5, 5.41) is 5.05. The highest BCUT2D eigenvalue weighted by Gasteiger charge is 2.28. The quantitative estimate of drug-likeness (QED) is 0.846. The molecule has 3 rings (SSSR count). The average Bonchev–Trinajstić information content (AvgIpc) is 2.80. The third-order valence-corrected chi connectivity index (χ3v) is 5.40. The zero-order chi connectivity index (χ0) is 15.9. The fraction of sp³-hybridized carbons (Fsp3) is 0.500. The molecule has 1 aromatic heterocycles. The monoisotopic (exact) mass is 317 g/mol. The number of nitrogens with zero attached hydrogens (tertiary/aromatic N) is 2. The molecule has 2 N–H and O–H groups in total. The first-order valence-corrected chi connectivity index (χ1v) is 8.32. The van der Waals surface area contributed by atoms with Gasteiger partial charge in [-0.2, -0.15) is 5.10 Å². The molecule has 0 unspecified atom stereocenters. The first kappa shape index (κ1) is 15.4. The summed E-state index contributed by atoms with van der Waals surface area (Å²) in [7, 11) is 1.85. The van der Waals surface area contributed by atoms with E-state index in [0.29, 0.717) is 17.2 Å². The largest absolute Gasteiger partial charge is 0.383 e. The SMILES string of the molecule is Cn1ncc(-c2ccc(C3CCC(C)(C)CC3)c(Cl)c2)c1N. The Morgan fingerprint density at radius 3 is 2.50 bits per heavy atom. The molecule has 118 valence electrons. The van der Waals surface area contributed by atoms with Gasteiger partial charge in [-0.1, -0.05) is 37.6 Å². The maximum absolute atomic E-state index is 6.57. The van der Waals surface area contributed by atoms with Crippen LogP contribution in [0.1, 0.15) is 51.0 Å². The van der Waals surface area contributed by atoms with Crippen LogP contribution in [-0.4, -0.2) is 9.78 Å². The molecule has 0 spiro atoms. The lowest BCUT2D eigenvalue weighted by molar-refractivity contribution is 0.224. The van der Waals surface area contributed by atoms with Gasteiger partial charge < -0.3 is 5.73 Å². The van der Waals surface area contributed by atoms with Crippen molar-refractivity contribution < 1.29 is 0 Å². The highest BCUT2D eigenvalue weighted by atomic mass is 35.5. The van der Waals surface area contributed by atoms with Gasteiger partial charge in [0.2, 0.25) is 0 Å². The highest BCUT2D eigenvalue weighted by molar-refractivity contribution is 6.31. The molecule has 1 heterocycles. The van der Waals surface area contributed by atoms with Crippen molar-refractivity contribution in [2.45, 2.75) is 45.4 Å². The number of nitrogen functional groups attached to an aromatic ring is 1. The van der Waals surface area contributed by atoms with Crippen LogP contribution in [0.15, 0.2) is 24.4 Å². The van der Waals surface area contributed by atoms with Gasteiger partial charge in [0.15, 0.2) is 0 Å². The second kappa shape index (κ2) is 5.62. The zero-order valence-electron chi connectivity index (χ0n) is 13.6. The van der Waals surface area contributed by atoms with Gasteiger partial charge in [-0.05, 0) is 54.2 Å². The van der Waals surface area contributed by atoms with Crippen molar-refractivity contribution in [1.29, 1.82) is 0 Å². The van der Waals surface area contributed by atoms with Crippen LogP contribution in [0.4, 0.5) is 5.82 Å². The molecule has 1 saturated carbocycles. The molecule has 1 fully saturated rings. The van der Waals surface area contributed by atoms with Crippen LogP contribution in [0.5, 0.6) is 0 Å². The van der Waals surface area contributed by atoms with Crippen LogP contribution >= 0.6 is 11.6 Å². The maximum Gasteiger partial charge on any atom is 0.129 e. The van der Waals surface area contributed by atoms with Gasteiger partial charge in [0, 0.05) is 17.6 Å². The Bertz CT molecular complexity index is 678. The maximum atomic E-state index is 6.57. The van der Waals surface area contributed by atoms with Crippen LogP contribution < -0.4 is 5.73 Å². The van der Waals surface area contributed by atoms with E-state index >= 15 is 0 Å². The van der Waals surface area contributed by atoms with Crippen molar-refractivity contribution in [3.63, 3.8) is 0 Å². The molecule has 1 aromatic carbocycles. The van der Waals surface area contributed by atoms with Crippen molar-refractivity contribution in [1.82, 2.24) is 9.78 Å². The Hall–Kier alpha value is -1.48. The summed E-state index contributed by atoms with van der Waals surface area (Å²) in [5.41, 5.74) is 9.80. The fourth-order valence-corrected chi connectivity index (χ4v) is 3.74. The smallest absolute Gasteiger partial charge is 0.129 e. The minimum Gasteiger partial charge on any atom is -0.383 e. The van der Waals surface area contributed by atoms with E-state index in [-0.39, 0.29) is 0 Å². The van der Waals surface area contributed by atoms with Gasteiger partial charge in [0.05, 0.1) is 6.20 Å². The third kappa shape index (κ3) is 2.87. The highest BCUT2D eigenvalue weighted by Crippen LogP contribution is 2.44. The minimum absolute atomic E-state index is 0.479. The number of aromatic nitrogens is 2. The predicted octanol–water partition coefficient (Wildman–Crippen LogP) is 5.01.